The number of nitrogens with zero attached hydrogens (tertiary/aromatic N) is 2. The standard InChI is InChI=1S/C10H14N4O2/c1-10(2)4-6(3-7(15)5-10)12-9-8(11)13-16-14-9/h3H,4-5H2,1-2H3,(H2,11,13)(H,12,14). The number of allylic oxidation sites excluding steroid dienone is 2. The van der Waals surface area contributed by atoms with Gasteiger partial charge in [-0.15, -0.1) is 0 Å². The monoisotopic (exact) mass is 222 g/mol. The second kappa shape index (κ2) is 3.62. The van der Waals surface area contributed by atoms with Gasteiger partial charge in [-0.3, -0.25) is 4.79 Å². The van der Waals surface area contributed by atoms with Crippen LogP contribution >= 0.6 is 0 Å². The Morgan fingerprint density at radius 1 is 1.44 bits per heavy atom. The molecule has 0 saturated heterocycles. The molecule has 0 aromatic carbocycles. The highest BCUT2D eigenvalue weighted by Gasteiger charge is 2.28. The molecule has 0 fully saturated rings. The highest BCUT2D eigenvalue weighted by molar-refractivity contribution is 5.92. The first-order valence-corrected chi connectivity index (χ1v) is 5.05. The maximum atomic E-state index is 11.5. The molecule has 1 aromatic heterocycles. The zero-order valence-electron chi connectivity index (χ0n) is 9.28. The molecule has 86 valence electrons. The van der Waals surface area contributed by atoms with E-state index in [1.807, 2.05) is 13.8 Å². The third-order valence-corrected chi connectivity index (χ3v) is 2.45. The molecule has 0 spiro atoms. The van der Waals surface area contributed by atoms with Crippen LogP contribution in [0.1, 0.15) is 26.7 Å². The van der Waals surface area contributed by atoms with Crippen molar-refractivity contribution >= 4 is 17.4 Å². The average molecular weight is 222 g/mol. The Labute approximate surface area is 92.8 Å². The minimum Gasteiger partial charge on any atom is -0.378 e. The van der Waals surface area contributed by atoms with Crippen LogP contribution in [0.5, 0.6) is 0 Å². The predicted molar refractivity (Wildman–Crippen MR) is 58.4 cm³/mol. The maximum Gasteiger partial charge on any atom is 0.219 e. The number of hydrogen-bond acceptors (Lipinski definition) is 6. The van der Waals surface area contributed by atoms with Crippen LogP contribution in [0.2, 0.25) is 0 Å². The van der Waals surface area contributed by atoms with Gasteiger partial charge in [0.2, 0.25) is 11.6 Å². The number of anilines is 2. The Morgan fingerprint density at radius 2 is 2.19 bits per heavy atom. The van der Waals surface area contributed by atoms with Gasteiger partial charge in [0.25, 0.3) is 0 Å². The van der Waals surface area contributed by atoms with Crippen molar-refractivity contribution in [1.82, 2.24) is 10.3 Å². The van der Waals surface area contributed by atoms with Gasteiger partial charge in [-0.1, -0.05) is 13.8 Å². The van der Waals surface area contributed by atoms with Crippen molar-refractivity contribution in [2.75, 3.05) is 11.1 Å². The fourth-order valence-electron chi connectivity index (χ4n) is 1.86. The minimum absolute atomic E-state index is 0.0416. The molecular weight excluding hydrogens is 208 g/mol. The van der Waals surface area contributed by atoms with E-state index in [-0.39, 0.29) is 17.0 Å². The van der Waals surface area contributed by atoms with Gasteiger partial charge < -0.3 is 11.1 Å². The summed E-state index contributed by atoms with van der Waals surface area (Å²) in [6, 6.07) is 0. The SMILES string of the molecule is CC1(C)CC(=O)C=C(Nc2nonc2N)C1. The smallest absolute Gasteiger partial charge is 0.219 e. The lowest BCUT2D eigenvalue weighted by molar-refractivity contribution is -0.117. The summed E-state index contributed by atoms with van der Waals surface area (Å²) in [5.74, 6) is 0.655. The summed E-state index contributed by atoms with van der Waals surface area (Å²) in [4.78, 5) is 11.5. The molecule has 0 atom stereocenters. The molecule has 1 aromatic rings. The lowest BCUT2D eigenvalue weighted by atomic mass is 9.79. The van der Waals surface area contributed by atoms with E-state index in [9.17, 15) is 4.79 Å². The molecule has 0 unspecified atom stereocenters. The van der Waals surface area contributed by atoms with Gasteiger partial charge in [0.05, 0.1) is 0 Å². The van der Waals surface area contributed by atoms with Crippen LogP contribution in [0.3, 0.4) is 0 Å². The van der Waals surface area contributed by atoms with Crippen LogP contribution in [0.4, 0.5) is 11.6 Å². The number of aromatic nitrogens is 2. The molecule has 0 amide bonds. The molecule has 1 aliphatic rings. The first kappa shape index (κ1) is 10.7. The normalized spacial score (nSPS) is 19.4. The molecule has 1 aliphatic carbocycles. The summed E-state index contributed by atoms with van der Waals surface area (Å²) in [7, 11) is 0. The minimum atomic E-state index is -0.0416. The molecule has 0 saturated carbocycles. The number of hydrogen-bond donors (Lipinski definition) is 2. The highest BCUT2D eigenvalue weighted by atomic mass is 16.6. The Kier molecular flexibility index (Phi) is 2.41. The number of nitrogens with two attached hydrogens (primary N) is 1. The number of rotatable bonds is 2. The van der Waals surface area contributed by atoms with E-state index >= 15 is 0 Å². The van der Waals surface area contributed by atoms with Gasteiger partial charge in [0.15, 0.2) is 5.78 Å². The van der Waals surface area contributed by atoms with Crippen molar-refractivity contribution in [3.63, 3.8) is 0 Å². The Hall–Kier alpha value is -1.85. The van der Waals surface area contributed by atoms with Crippen molar-refractivity contribution in [2.45, 2.75) is 26.7 Å². The summed E-state index contributed by atoms with van der Waals surface area (Å²) < 4.78 is 4.47. The third-order valence-electron chi connectivity index (χ3n) is 2.45. The van der Waals surface area contributed by atoms with Gasteiger partial charge in [-0.05, 0) is 22.1 Å². The van der Waals surface area contributed by atoms with Crippen molar-refractivity contribution in [3.8, 4) is 0 Å². The van der Waals surface area contributed by atoms with Crippen molar-refractivity contribution in [2.24, 2.45) is 5.41 Å². The molecular formula is C10H14N4O2. The van der Waals surface area contributed by atoms with Gasteiger partial charge in [0, 0.05) is 18.2 Å². The number of ketones is 1. The Morgan fingerprint density at radius 3 is 2.75 bits per heavy atom. The van der Waals surface area contributed by atoms with Gasteiger partial charge in [0.1, 0.15) is 0 Å². The zero-order valence-corrected chi connectivity index (χ0v) is 9.28. The summed E-state index contributed by atoms with van der Waals surface area (Å²) >= 11 is 0. The molecule has 1 heterocycles. The first-order chi connectivity index (χ1) is 7.46. The molecule has 16 heavy (non-hydrogen) atoms. The van der Waals surface area contributed by atoms with Crippen molar-refractivity contribution in [1.29, 1.82) is 0 Å². The fraction of sp³-hybridized carbons (Fsp3) is 0.500. The summed E-state index contributed by atoms with van der Waals surface area (Å²) in [6.45, 7) is 4.09. The number of carbonyl (C=O) groups is 1. The molecule has 0 bridgehead atoms. The zero-order chi connectivity index (χ0) is 11.8. The van der Waals surface area contributed by atoms with Crippen LogP contribution < -0.4 is 11.1 Å². The van der Waals surface area contributed by atoms with Crippen LogP contribution in [-0.2, 0) is 4.79 Å². The number of nitrogen functional groups attached to an aromatic ring is 1. The van der Waals surface area contributed by atoms with Crippen LogP contribution in [0.15, 0.2) is 16.4 Å². The van der Waals surface area contributed by atoms with Crippen molar-refractivity contribution < 1.29 is 9.42 Å². The van der Waals surface area contributed by atoms with E-state index in [0.29, 0.717) is 12.2 Å². The third kappa shape index (κ3) is 2.21. The van der Waals surface area contributed by atoms with E-state index in [1.165, 1.54) is 0 Å². The second-order valence-electron chi connectivity index (χ2n) is 4.78. The highest BCUT2D eigenvalue weighted by Crippen LogP contribution is 2.34. The molecule has 2 rings (SSSR count). The van der Waals surface area contributed by atoms with E-state index in [4.69, 9.17) is 5.73 Å². The van der Waals surface area contributed by atoms with E-state index in [0.717, 1.165) is 12.1 Å². The quantitative estimate of drug-likeness (QED) is 0.784. The average Bonchev–Trinajstić information content (AvgIpc) is 2.48. The van der Waals surface area contributed by atoms with Gasteiger partial charge in [-0.25, -0.2) is 4.63 Å². The molecule has 6 heteroatoms. The maximum absolute atomic E-state index is 11.5. The lowest BCUT2D eigenvalue weighted by Gasteiger charge is -2.28. The van der Waals surface area contributed by atoms with Gasteiger partial charge >= 0.3 is 0 Å². The van der Waals surface area contributed by atoms with Crippen molar-refractivity contribution in [3.05, 3.63) is 11.8 Å². The van der Waals surface area contributed by atoms with Crippen LogP contribution in [0, 0.1) is 5.41 Å². The largest absolute Gasteiger partial charge is 0.378 e. The Balaban J connectivity index is 2.17. The van der Waals surface area contributed by atoms with Gasteiger partial charge in [-0.2, -0.15) is 0 Å². The van der Waals surface area contributed by atoms with Crippen LogP contribution in [0.25, 0.3) is 0 Å². The molecule has 6 nitrogen and oxygen atoms in total. The number of carbonyl (C=O) groups excluding carboxylic acids is 1. The summed E-state index contributed by atoms with van der Waals surface area (Å²) in [5, 5.41) is 10.0. The summed E-state index contributed by atoms with van der Waals surface area (Å²) in [5.41, 5.74) is 6.27. The molecule has 3 N–H and O–H groups in total. The first-order valence-electron chi connectivity index (χ1n) is 5.05. The number of nitrogens with one attached hydrogen (secondary N) is 1. The molecule has 0 aliphatic heterocycles. The predicted octanol–water partition coefficient (Wildman–Crippen LogP) is 1.34. The van der Waals surface area contributed by atoms with Crippen LogP contribution in [-0.4, -0.2) is 16.1 Å². The molecule has 0 radical (unpaired) electrons. The Bertz CT molecular complexity index is 447. The van der Waals surface area contributed by atoms with E-state index in [2.05, 4.69) is 20.3 Å². The topological polar surface area (TPSA) is 94.0 Å². The fourth-order valence-corrected chi connectivity index (χ4v) is 1.86. The summed E-state index contributed by atoms with van der Waals surface area (Å²) in [6.07, 6.45) is 2.91. The lowest BCUT2D eigenvalue weighted by Crippen LogP contribution is -2.24. The second-order valence-corrected chi connectivity index (χ2v) is 4.78. The van der Waals surface area contributed by atoms with E-state index in [1.54, 1.807) is 6.08 Å². The van der Waals surface area contributed by atoms with E-state index < -0.39 is 0 Å².